The van der Waals surface area contributed by atoms with Gasteiger partial charge in [0.1, 0.15) is 5.75 Å². The number of halogens is 1. The predicted molar refractivity (Wildman–Crippen MR) is 113 cm³/mol. The average Bonchev–Trinajstić information content (AvgIpc) is 3.27. The fourth-order valence-corrected chi connectivity index (χ4v) is 4.24. The topological polar surface area (TPSA) is 65.4 Å². The predicted octanol–water partition coefficient (Wildman–Crippen LogP) is 4.38. The van der Waals surface area contributed by atoms with E-state index in [4.69, 9.17) is 21.1 Å². The molecule has 2 aromatic rings. The molecule has 1 aromatic carbocycles. The van der Waals surface area contributed by atoms with Gasteiger partial charge in [-0.15, -0.1) is 0 Å². The van der Waals surface area contributed by atoms with Crippen LogP contribution in [0.2, 0.25) is 5.02 Å². The third-order valence-corrected chi connectivity index (χ3v) is 6.30. The summed E-state index contributed by atoms with van der Waals surface area (Å²) in [5.74, 6) is 0.680. The Kier molecular flexibility index (Phi) is 6.91. The van der Waals surface area contributed by atoms with Crippen LogP contribution >= 0.6 is 23.4 Å². The molecule has 0 radical (unpaired) electrons. The molecule has 8 heteroatoms. The minimum absolute atomic E-state index is 0.119. The summed E-state index contributed by atoms with van der Waals surface area (Å²) in [7, 11) is 1.55. The highest BCUT2D eigenvalue weighted by Crippen LogP contribution is 2.31. The molecule has 0 spiro atoms. The number of benzene rings is 1. The third kappa shape index (κ3) is 4.82. The van der Waals surface area contributed by atoms with Gasteiger partial charge in [-0.25, -0.2) is 4.98 Å². The van der Waals surface area contributed by atoms with Gasteiger partial charge in [0.15, 0.2) is 5.16 Å². The summed E-state index contributed by atoms with van der Waals surface area (Å²) in [5, 5.41) is 4.36. The number of nitrogens with zero attached hydrogens (tertiary/aromatic N) is 2. The Labute approximate surface area is 175 Å². The standard InChI is InChI=1S/C20H26ClN3O3S/c1-12-8-17(18(26-4)9-16(12)21)23-19(25)11-28-20-22-13(2)14(3)24(20)10-15-6-5-7-27-15/h8-9,15H,5-7,10-11H2,1-4H3,(H,23,25). The van der Waals surface area contributed by atoms with Gasteiger partial charge in [-0.1, -0.05) is 23.4 Å². The summed E-state index contributed by atoms with van der Waals surface area (Å²) in [5.41, 5.74) is 3.60. The SMILES string of the molecule is COc1cc(Cl)c(C)cc1NC(=O)CSc1nc(C)c(C)n1CC1CCCO1. The molecule has 1 fully saturated rings. The minimum Gasteiger partial charge on any atom is -0.495 e. The average molecular weight is 424 g/mol. The molecule has 1 aliphatic rings. The number of nitrogens with one attached hydrogen (secondary N) is 1. The van der Waals surface area contributed by atoms with Gasteiger partial charge in [-0.2, -0.15) is 0 Å². The lowest BCUT2D eigenvalue weighted by atomic mass is 10.2. The summed E-state index contributed by atoms with van der Waals surface area (Å²) in [6, 6.07) is 3.52. The Morgan fingerprint density at radius 3 is 2.89 bits per heavy atom. The normalized spacial score (nSPS) is 16.4. The second-order valence-electron chi connectivity index (χ2n) is 6.95. The number of aromatic nitrogens is 2. The highest BCUT2D eigenvalue weighted by molar-refractivity contribution is 7.99. The van der Waals surface area contributed by atoms with E-state index in [0.29, 0.717) is 16.5 Å². The van der Waals surface area contributed by atoms with E-state index >= 15 is 0 Å². The van der Waals surface area contributed by atoms with E-state index < -0.39 is 0 Å². The van der Waals surface area contributed by atoms with E-state index in [1.165, 1.54) is 11.8 Å². The molecule has 1 unspecified atom stereocenters. The molecule has 1 aromatic heterocycles. The Morgan fingerprint density at radius 2 is 2.21 bits per heavy atom. The number of hydrogen-bond acceptors (Lipinski definition) is 5. The number of rotatable bonds is 7. The van der Waals surface area contributed by atoms with Crippen LogP contribution in [-0.4, -0.2) is 41.0 Å². The number of thioether (sulfide) groups is 1. The fraction of sp³-hybridized carbons (Fsp3) is 0.500. The molecule has 1 amide bonds. The number of carbonyl (C=O) groups is 1. The summed E-state index contributed by atoms with van der Waals surface area (Å²) in [6.45, 7) is 7.54. The zero-order valence-electron chi connectivity index (χ0n) is 16.7. The smallest absolute Gasteiger partial charge is 0.234 e. The van der Waals surface area contributed by atoms with Gasteiger partial charge >= 0.3 is 0 Å². The number of hydrogen-bond donors (Lipinski definition) is 1. The van der Waals surface area contributed by atoms with Crippen molar-refractivity contribution < 1.29 is 14.3 Å². The van der Waals surface area contributed by atoms with Gasteiger partial charge in [-0.3, -0.25) is 4.79 Å². The minimum atomic E-state index is -0.119. The first-order chi connectivity index (χ1) is 13.4. The van der Waals surface area contributed by atoms with E-state index in [2.05, 4.69) is 21.8 Å². The number of aryl methyl sites for hydroxylation is 2. The Hall–Kier alpha value is -1.70. The number of methoxy groups -OCH3 is 1. The maximum atomic E-state index is 12.5. The lowest BCUT2D eigenvalue weighted by Crippen LogP contribution is -2.18. The highest BCUT2D eigenvalue weighted by atomic mass is 35.5. The largest absolute Gasteiger partial charge is 0.495 e. The van der Waals surface area contributed by atoms with Crippen LogP contribution in [0.1, 0.15) is 29.8 Å². The van der Waals surface area contributed by atoms with Crippen LogP contribution in [0.4, 0.5) is 5.69 Å². The Morgan fingerprint density at radius 1 is 1.43 bits per heavy atom. The molecule has 2 heterocycles. The van der Waals surface area contributed by atoms with Crippen molar-refractivity contribution in [1.82, 2.24) is 9.55 Å². The lowest BCUT2D eigenvalue weighted by molar-refractivity contribution is -0.113. The maximum Gasteiger partial charge on any atom is 0.234 e. The van der Waals surface area contributed by atoms with Crippen LogP contribution in [0.3, 0.4) is 0 Å². The summed E-state index contributed by atoms with van der Waals surface area (Å²) in [6.07, 6.45) is 2.39. The first-order valence-electron chi connectivity index (χ1n) is 9.31. The van der Waals surface area contributed by atoms with Gasteiger partial charge in [0.25, 0.3) is 0 Å². The number of carbonyl (C=O) groups excluding carboxylic acids is 1. The molecule has 0 aliphatic carbocycles. The monoisotopic (exact) mass is 423 g/mol. The second kappa shape index (κ2) is 9.20. The van der Waals surface area contributed by atoms with Crippen molar-refractivity contribution in [3.8, 4) is 5.75 Å². The first-order valence-corrected chi connectivity index (χ1v) is 10.7. The second-order valence-corrected chi connectivity index (χ2v) is 8.30. The van der Waals surface area contributed by atoms with Gasteiger partial charge < -0.3 is 19.4 Å². The molecule has 0 bridgehead atoms. The zero-order chi connectivity index (χ0) is 20.3. The Bertz CT molecular complexity index is 863. The third-order valence-electron chi connectivity index (χ3n) is 4.92. The first kappa shape index (κ1) is 21.0. The number of ether oxygens (including phenoxy) is 2. The molecule has 1 atom stereocenters. The van der Waals surface area contributed by atoms with Crippen LogP contribution in [-0.2, 0) is 16.1 Å². The molecule has 1 N–H and O–H groups in total. The molecule has 28 heavy (non-hydrogen) atoms. The molecule has 6 nitrogen and oxygen atoms in total. The highest BCUT2D eigenvalue weighted by Gasteiger charge is 2.21. The molecule has 1 aliphatic heterocycles. The van der Waals surface area contributed by atoms with Crippen molar-refractivity contribution in [3.63, 3.8) is 0 Å². The van der Waals surface area contributed by atoms with Crippen LogP contribution in [0.15, 0.2) is 17.3 Å². The molecular formula is C20H26ClN3O3S. The molecule has 3 rings (SSSR count). The van der Waals surface area contributed by atoms with Crippen molar-refractivity contribution >= 4 is 35.0 Å². The van der Waals surface area contributed by atoms with Gasteiger partial charge in [-0.05, 0) is 45.2 Å². The molecule has 0 saturated carbocycles. The van der Waals surface area contributed by atoms with Crippen molar-refractivity contribution in [2.24, 2.45) is 0 Å². The molecule has 152 valence electrons. The van der Waals surface area contributed by atoms with Crippen molar-refractivity contribution in [2.45, 2.75) is 51.4 Å². The van der Waals surface area contributed by atoms with E-state index in [1.807, 2.05) is 19.9 Å². The summed E-state index contributed by atoms with van der Waals surface area (Å²) < 4.78 is 13.2. The van der Waals surface area contributed by atoms with Gasteiger partial charge in [0.2, 0.25) is 5.91 Å². The van der Waals surface area contributed by atoms with Crippen molar-refractivity contribution in [1.29, 1.82) is 0 Å². The molecule has 1 saturated heterocycles. The van der Waals surface area contributed by atoms with Crippen molar-refractivity contribution in [3.05, 3.63) is 34.1 Å². The number of anilines is 1. The molecular weight excluding hydrogens is 398 g/mol. The van der Waals surface area contributed by atoms with Crippen LogP contribution in [0.25, 0.3) is 0 Å². The Balaban J connectivity index is 1.66. The maximum absolute atomic E-state index is 12.5. The van der Waals surface area contributed by atoms with E-state index in [1.54, 1.807) is 13.2 Å². The van der Waals surface area contributed by atoms with Crippen molar-refractivity contribution in [2.75, 3.05) is 24.8 Å². The quantitative estimate of drug-likeness (QED) is 0.669. The number of amides is 1. The summed E-state index contributed by atoms with van der Waals surface area (Å²) in [4.78, 5) is 17.2. The van der Waals surface area contributed by atoms with Crippen LogP contribution < -0.4 is 10.1 Å². The van der Waals surface area contributed by atoms with E-state index in [0.717, 1.165) is 48.1 Å². The zero-order valence-corrected chi connectivity index (χ0v) is 18.2. The summed E-state index contributed by atoms with van der Waals surface area (Å²) >= 11 is 7.56. The number of imidazole rings is 1. The fourth-order valence-electron chi connectivity index (χ4n) is 3.19. The van der Waals surface area contributed by atoms with E-state index in [-0.39, 0.29) is 17.8 Å². The van der Waals surface area contributed by atoms with Gasteiger partial charge in [0, 0.05) is 23.4 Å². The van der Waals surface area contributed by atoms with Gasteiger partial charge in [0.05, 0.1) is 36.9 Å². The van der Waals surface area contributed by atoms with E-state index in [9.17, 15) is 4.79 Å². The van der Waals surface area contributed by atoms with Crippen LogP contribution in [0, 0.1) is 20.8 Å². The van der Waals surface area contributed by atoms with Crippen LogP contribution in [0.5, 0.6) is 5.75 Å². The lowest BCUT2D eigenvalue weighted by Gasteiger charge is -2.15.